The molecule has 6 nitrogen and oxygen atoms in total. The molecule has 0 aliphatic rings. The van der Waals surface area contributed by atoms with E-state index < -0.39 is 10.4 Å². The number of hydrogen-bond acceptors (Lipinski definition) is 4. The third-order valence-corrected chi connectivity index (χ3v) is 0.316. The van der Waals surface area contributed by atoms with Crippen molar-refractivity contribution in [2.24, 2.45) is 0 Å². The van der Waals surface area contributed by atoms with Crippen LogP contribution in [0.2, 0.25) is 0 Å². The number of aliphatic hydroxyl groups excluding tert-OH is 2. The summed E-state index contributed by atoms with van der Waals surface area (Å²) in [6.07, 6.45) is 2.02. The minimum absolute atomic E-state index is 0.0214. The second-order valence-electron chi connectivity index (χ2n) is 1.21. The summed E-state index contributed by atoms with van der Waals surface area (Å²) in [6.45, 7) is 0.0214. The second-order valence-corrected chi connectivity index (χ2v) is 2.11. The van der Waals surface area contributed by atoms with Gasteiger partial charge in [0.05, 0.1) is 6.61 Å². The minimum atomic E-state index is -4.67. The summed E-state index contributed by atoms with van der Waals surface area (Å²) in [5, 5.41) is 15.7. The van der Waals surface area contributed by atoms with Crippen molar-refractivity contribution in [3.63, 3.8) is 0 Å². The van der Waals surface area contributed by atoms with Crippen LogP contribution in [-0.4, -0.2) is 34.3 Å². The highest BCUT2D eigenvalue weighted by molar-refractivity contribution is 7.79. The highest BCUT2D eigenvalue weighted by Gasteiger charge is 1.84. The van der Waals surface area contributed by atoms with Crippen molar-refractivity contribution in [3.8, 4) is 12.0 Å². The molecule has 0 amide bonds. The SMILES string of the molecule is O=S(=O)(O)O.OC#CCCO. The summed E-state index contributed by atoms with van der Waals surface area (Å²) in [4.78, 5) is 0. The van der Waals surface area contributed by atoms with E-state index in [1.165, 1.54) is 0 Å². The lowest BCUT2D eigenvalue weighted by Crippen LogP contribution is -1.89. The van der Waals surface area contributed by atoms with E-state index in [0.29, 0.717) is 6.42 Å². The van der Waals surface area contributed by atoms with E-state index in [2.05, 4.69) is 5.92 Å². The Morgan fingerprint density at radius 1 is 1.27 bits per heavy atom. The Morgan fingerprint density at radius 2 is 1.64 bits per heavy atom. The molecule has 0 heterocycles. The Hall–Kier alpha value is -0.810. The minimum Gasteiger partial charge on any atom is -0.462 e. The molecule has 0 saturated heterocycles. The highest BCUT2D eigenvalue weighted by atomic mass is 32.3. The van der Waals surface area contributed by atoms with Crippen LogP contribution < -0.4 is 0 Å². The molecule has 0 radical (unpaired) electrons. The van der Waals surface area contributed by atoms with Gasteiger partial charge < -0.3 is 10.2 Å². The molecule has 0 rings (SSSR count). The number of rotatable bonds is 1. The molecule has 0 atom stereocenters. The average Bonchev–Trinajstić information content (AvgIpc) is 1.79. The number of aliphatic hydroxyl groups is 2. The van der Waals surface area contributed by atoms with Gasteiger partial charge in [0, 0.05) is 6.42 Å². The van der Waals surface area contributed by atoms with Gasteiger partial charge in [-0.2, -0.15) is 8.42 Å². The van der Waals surface area contributed by atoms with Crippen LogP contribution in [0.1, 0.15) is 6.42 Å². The molecule has 0 aliphatic heterocycles. The summed E-state index contributed by atoms with van der Waals surface area (Å²) in [5.41, 5.74) is 0. The van der Waals surface area contributed by atoms with E-state index in [0.717, 1.165) is 0 Å². The molecule has 0 aliphatic carbocycles. The van der Waals surface area contributed by atoms with Crippen LogP contribution in [0.4, 0.5) is 0 Å². The van der Waals surface area contributed by atoms with Crippen LogP contribution >= 0.6 is 0 Å². The standard InChI is InChI=1S/C4H6O2.H2O4S/c5-3-1-2-4-6;1-5(2,3)4/h5-6H,1,3H2;(H2,1,2,3,4). The first-order valence-corrected chi connectivity index (χ1v) is 3.74. The zero-order valence-corrected chi connectivity index (χ0v) is 6.24. The van der Waals surface area contributed by atoms with Gasteiger partial charge in [-0.1, -0.05) is 5.92 Å². The van der Waals surface area contributed by atoms with Crippen molar-refractivity contribution < 1.29 is 27.7 Å². The Bertz CT molecular complexity index is 211. The van der Waals surface area contributed by atoms with Gasteiger partial charge in [-0.3, -0.25) is 9.11 Å². The monoisotopic (exact) mass is 184 g/mol. The average molecular weight is 184 g/mol. The predicted octanol–water partition coefficient (Wildman–Crippen LogP) is -0.951. The third kappa shape index (κ3) is 99.1. The lowest BCUT2D eigenvalue weighted by molar-refractivity contribution is 0.304. The summed E-state index contributed by atoms with van der Waals surface area (Å²) in [5.74, 6) is 2.25. The van der Waals surface area contributed by atoms with Gasteiger partial charge in [-0.05, 0) is 0 Å². The van der Waals surface area contributed by atoms with Crippen LogP contribution in [0.5, 0.6) is 0 Å². The van der Waals surface area contributed by atoms with E-state index in [1.807, 2.05) is 0 Å². The molecule has 0 aromatic carbocycles. The fourth-order valence-electron chi connectivity index (χ4n) is 0.112. The Balaban J connectivity index is 0. The Kier molecular flexibility index (Phi) is 8.51. The molecule has 0 aromatic rings. The summed E-state index contributed by atoms with van der Waals surface area (Å²) in [7, 11) is -4.67. The predicted molar refractivity (Wildman–Crippen MR) is 35.6 cm³/mol. The molecule has 0 unspecified atom stereocenters. The normalized spacial score (nSPS) is 8.64. The Labute approximate surface area is 64.1 Å². The van der Waals surface area contributed by atoms with Crippen LogP contribution in [0.15, 0.2) is 0 Å². The van der Waals surface area contributed by atoms with Crippen LogP contribution in [0.3, 0.4) is 0 Å². The summed E-state index contributed by atoms with van der Waals surface area (Å²) < 4.78 is 31.6. The second kappa shape index (κ2) is 7.30. The molecule has 7 heteroatoms. The van der Waals surface area contributed by atoms with Crippen molar-refractivity contribution >= 4 is 10.4 Å². The molecule has 66 valence electrons. The largest absolute Gasteiger partial charge is 0.462 e. The van der Waals surface area contributed by atoms with Gasteiger partial charge in [0.15, 0.2) is 0 Å². The van der Waals surface area contributed by atoms with Crippen molar-refractivity contribution in [2.75, 3.05) is 6.61 Å². The quantitative estimate of drug-likeness (QED) is 0.308. The lowest BCUT2D eigenvalue weighted by atomic mass is 10.5. The smallest absolute Gasteiger partial charge is 0.394 e. The maximum atomic E-state index is 8.74. The van der Waals surface area contributed by atoms with E-state index in [-0.39, 0.29) is 6.61 Å². The van der Waals surface area contributed by atoms with Crippen LogP contribution in [0.25, 0.3) is 0 Å². The third-order valence-electron chi connectivity index (χ3n) is 0.316. The van der Waals surface area contributed by atoms with E-state index in [1.54, 1.807) is 6.11 Å². The zero-order chi connectivity index (χ0) is 9.33. The first-order valence-electron chi connectivity index (χ1n) is 2.34. The van der Waals surface area contributed by atoms with Crippen molar-refractivity contribution in [2.45, 2.75) is 6.42 Å². The van der Waals surface area contributed by atoms with Crippen LogP contribution in [0, 0.1) is 12.0 Å². The van der Waals surface area contributed by atoms with Crippen molar-refractivity contribution in [1.82, 2.24) is 0 Å². The fraction of sp³-hybridized carbons (Fsp3) is 0.500. The maximum Gasteiger partial charge on any atom is 0.394 e. The van der Waals surface area contributed by atoms with E-state index >= 15 is 0 Å². The van der Waals surface area contributed by atoms with Gasteiger partial charge in [0.1, 0.15) is 6.11 Å². The van der Waals surface area contributed by atoms with E-state index in [9.17, 15) is 0 Å². The van der Waals surface area contributed by atoms with Crippen LogP contribution in [-0.2, 0) is 10.4 Å². The summed E-state index contributed by atoms with van der Waals surface area (Å²) >= 11 is 0. The Morgan fingerprint density at radius 3 is 1.73 bits per heavy atom. The van der Waals surface area contributed by atoms with Crippen molar-refractivity contribution in [1.29, 1.82) is 0 Å². The van der Waals surface area contributed by atoms with Gasteiger partial charge in [0.25, 0.3) is 0 Å². The molecular weight excluding hydrogens is 176 g/mol. The van der Waals surface area contributed by atoms with Gasteiger partial charge >= 0.3 is 10.4 Å². The number of hydrogen-bond donors (Lipinski definition) is 4. The highest BCUT2D eigenvalue weighted by Crippen LogP contribution is 1.64. The molecule has 0 fully saturated rings. The van der Waals surface area contributed by atoms with Gasteiger partial charge in [0.2, 0.25) is 0 Å². The van der Waals surface area contributed by atoms with E-state index in [4.69, 9.17) is 27.7 Å². The molecule has 11 heavy (non-hydrogen) atoms. The summed E-state index contributed by atoms with van der Waals surface area (Å²) in [6, 6.07) is 0. The van der Waals surface area contributed by atoms with Gasteiger partial charge in [-0.25, -0.2) is 0 Å². The first-order chi connectivity index (χ1) is 4.91. The first kappa shape index (κ1) is 12.8. The molecule has 0 saturated carbocycles. The molecule has 0 spiro atoms. The lowest BCUT2D eigenvalue weighted by Gasteiger charge is -1.71. The topological polar surface area (TPSA) is 115 Å². The van der Waals surface area contributed by atoms with Gasteiger partial charge in [-0.15, -0.1) is 0 Å². The zero-order valence-electron chi connectivity index (χ0n) is 5.43. The van der Waals surface area contributed by atoms with Crippen molar-refractivity contribution in [3.05, 3.63) is 0 Å². The molecule has 0 bridgehead atoms. The maximum absolute atomic E-state index is 8.74. The molecular formula is C4H8O6S. The fourth-order valence-corrected chi connectivity index (χ4v) is 0.112. The molecule has 0 aromatic heterocycles. The molecule has 4 N–H and O–H groups in total.